The highest BCUT2D eigenvalue weighted by Gasteiger charge is 2.42. The van der Waals surface area contributed by atoms with E-state index in [-0.39, 0.29) is 5.41 Å². The van der Waals surface area contributed by atoms with E-state index in [1.807, 2.05) is 6.07 Å². The number of hydrogen-bond donors (Lipinski definition) is 0. The van der Waals surface area contributed by atoms with Gasteiger partial charge in [0.25, 0.3) is 0 Å². The maximum atomic E-state index is 5.21. The highest BCUT2D eigenvalue weighted by molar-refractivity contribution is 6.27. The molecule has 10 aromatic rings. The van der Waals surface area contributed by atoms with Crippen LogP contribution in [0.15, 0.2) is 164 Å². The molecule has 0 fully saturated rings. The van der Waals surface area contributed by atoms with Crippen LogP contribution in [0.3, 0.4) is 0 Å². The molecule has 0 N–H and O–H groups in total. The Kier molecular flexibility index (Phi) is 6.77. The van der Waals surface area contributed by atoms with Crippen LogP contribution in [-0.4, -0.2) is 19.1 Å². The molecule has 2 aliphatic rings. The average molecular weight is 731 g/mol. The Balaban J connectivity index is 1.19. The molecule has 3 aromatic heterocycles. The van der Waals surface area contributed by atoms with Crippen LogP contribution in [0.2, 0.25) is 0 Å². The Morgan fingerprint density at radius 1 is 0.561 bits per heavy atom. The topological polar surface area (TPSA) is 35.6 Å². The standard InChI is InChI=1S/C53H38N4/c1-53(2)41-25-13-9-21-37(41)45-46-39-23-11-15-27-43(39)57(50(46)51-47(48(45)53)40-24-12-16-28-44(40)56(51)35-19-7-4-8-20-35)36-31-29-34(30-32-36)52-54-42-26-14-10-22-38(42)49(55-52)33-17-5-3-6-18-33/h3-14,16-26,28-32H,15,27H2,1-2H3. The summed E-state index contributed by atoms with van der Waals surface area (Å²) in [5, 5.41) is 5.02. The summed E-state index contributed by atoms with van der Waals surface area (Å²) in [5.74, 6) is 0.727. The Morgan fingerprint density at radius 2 is 1.23 bits per heavy atom. The van der Waals surface area contributed by atoms with E-state index in [0.717, 1.165) is 57.8 Å². The summed E-state index contributed by atoms with van der Waals surface area (Å²) >= 11 is 0. The van der Waals surface area contributed by atoms with Crippen LogP contribution in [0.1, 0.15) is 42.7 Å². The lowest BCUT2D eigenvalue weighted by Gasteiger charge is -2.23. The van der Waals surface area contributed by atoms with E-state index in [1.165, 1.54) is 66.2 Å². The van der Waals surface area contributed by atoms with Gasteiger partial charge in [-0.3, -0.25) is 0 Å². The molecule has 2 aliphatic carbocycles. The molecule has 0 saturated heterocycles. The van der Waals surface area contributed by atoms with Gasteiger partial charge in [-0.15, -0.1) is 0 Å². The fraction of sp³-hybridized carbons (Fsp3) is 0.0943. The molecule has 4 heteroatoms. The van der Waals surface area contributed by atoms with Gasteiger partial charge in [0.1, 0.15) is 0 Å². The fourth-order valence-electron chi connectivity index (χ4n) is 10.1. The Labute approximate surface area is 331 Å². The average Bonchev–Trinajstić information content (AvgIpc) is 3.87. The number of rotatable bonds is 4. The van der Waals surface area contributed by atoms with Gasteiger partial charge in [0.05, 0.1) is 27.8 Å². The zero-order valence-electron chi connectivity index (χ0n) is 31.9. The lowest BCUT2D eigenvalue weighted by molar-refractivity contribution is 0.667. The minimum atomic E-state index is -0.197. The first-order chi connectivity index (χ1) is 28.1. The van der Waals surface area contributed by atoms with E-state index in [2.05, 4.69) is 187 Å². The Bertz CT molecular complexity index is 3290. The van der Waals surface area contributed by atoms with Crippen molar-refractivity contribution in [2.45, 2.75) is 32.1 Å². The van der Waals surface area contributed by atoms with Crippen LogP contribution < -0.4 is 0 Å². The molecule has 7 aromatic carbocycles. The SMILES string of the molecule is CC1(C)c2ccccc2-c2c1c1c3ccccc3n(-c3ccccc3)c1c1c2c2c(n1-c1ccc(-c3nc(-c4ccccc4)c4ccccc4n3)cc1)CCC=C2. The van der Waals surface area contributed by atoms with Crippen molar-refractivity contribution in [3.63, 3.8) is 0 Å². The number of aromatic nitrogens is 4. The molecule has 0 amide bonds. The van der Waals surface area contributed by atoms with Gasteiger partial charge < -0.3 is 9.13 Å². The first-order valence-corrected chi connectivity index (χ1v) is 20.0. The summed E-state index contributed by atoms with van der Waals surface area (Å²) in [6, 6.07) is 56.8. The Hall–Kier alpha value is -7.04. The number of para-hydroxylation sites is 3. The quantitative estimate of drug-likeness (QED) is 0.181. The van der Waals surface area contributed by atoms with Gasteiger partial charge in [0, 0.05) is 60.7 Å². The van der Waals surface area contributed by atoms with Gasteiger partial charge in [0.15, 0.2) is 5.82 Å². The number of hydrogen-bond acceptors (Lipinski definition) is 2. The van der Waals surface area contributed by atoms with Crippen molar-refractivity contribution < 1.29 is 0 Å². The number of nitrogens with zero attached hydrogens (tertiary/aromatic N) is 4. The Morgan fingerprint density at radius 3 is 2.05 bits per heavy atom. The van der Waals surface area contributed by atoms with Crippen LogP contribution in [0, 0.1) is 0 Å². The van der Waals surface area contributed by atoms with E-state index in [4.69, 9.17) is 9.97 Å². The second kappa shape index (κ2) is 12.0. The number of allylic oxidation sites excluding steroid dienone is 1. The minimum absolute atomic E-state index is 0.197. The van der Waals surface area contributed by atoms with Crippen LogP contribution in [-0.2, 0) is 11.8 Å². The first-order valence-electron chi connectivity index (χ1n) is 20.0. The van der Waals surface area contributed by atoms with Crippen molar-refractivity contribution in [1.82, 2.24) is 19.1 Å². The summed E-state index contributed by atoms with van der Waals surface area (Å²) in [6.45, 7) is 4.85. The molecule has 3 heterocycles. The van der Waals surface area contributed by atoms with Gasteiger partial charge in [-0.1, -0.05) is 135 Å². The van der Waals surface area contributed by atoms with Gasteiger partial charge in [-0.25, -0.2) is 9.97 Å². The molecule has 0 bridgehead atoms. The molecule has 0 unspecified atom stereocenters. The predicted octanol–water partition coefficient (Wildman–Crippen LogP) is 13.3. The number of benzene rings is 7. The van der Waals surface area contributed by atoms with E-state index in [1.54, 1.807) is 0 Å². The first kappa shape index (κ1) is 32.2. The van der Waals surface area contributed by atoms with Crippen LogP contribution >= 0.6 is 0 Å². The highest BCUT2D eigenvalue weighted by atomic mass is 15.1. The van der Waals surface area contributed by atoms with E-state index >= 15 is 0 Å². The molecule has 57 heavy (non-hydrogen) atoms. The van der Waals surface area contributed by atoms with Gasteiger partial charge in [-0.05, 0) is 83.6 Å². The van der Waals surface area contributed by atoms with Crippen LogP contribution in [0.4, 0.5) is 0 Å². The highest BCUT2D eigenvalue weighted by Crippen LogP contribution is 2.58. The number of fused-ring (bicyclic) bond motifs is 13. The van der Waals surface area contributed by atoms with Gasteiger partial charge in [-0.2, -0.15) is 0 Å². The molecular formula is C53H38N4. The molecular weight excluding hydrogens is 693 g/mol. The van der Waals surface area contributed by atoms with Crippen molar-refractivity contribution in [3.05, 3.63) is 186 Å². The lowest BCUT2D eigenvalue weighted by Crippen LogP contribution is -2.15. The monoisotopic (exact) mass is 730 g/mol. The molecule has 0 aliphatic heterocycles. The van der Waals surface area contributed by atoms with E-state index in [0.29, 0.717) is 0 Å². The maximum absolute atomic E-state index is 5.21. The van der Waals surface area contributed by atoms with Gasteiger partial charge in [0.2, 0.25) is 0 Å². The molecule has 4 nitrogen and oxygen atoms in total. The smallest absolute Gasteiger partial charge is 0.160 e. The normalized spacial score (nSPS) is 14.1. The summed E-state index contributed by atoms with van der Waals surface area (Å²) < 4.78 is 5.11. The summed E-state index contributed by atoms with van der Waals surface area (Å²) in [4.78, 5) is 10.3. The largest absolute Gasteiger partial charge is 0.311 e. The molecule has 12 rings (SSSR count). The van der Waals surface area contributed by atoms with Crippen molar-refractivity contribution in [2.75, 3.05) is 0 Å². The molecule has 0 saturated carbocycles. The third kappa shape index (κ3) is 4.50. The van der Waals surface area contributed by atoms with Crippen molar-refractivity contribution in [3.8, 4) is 45.1 Å². The molecule has 0 radical (unpaired) electrons. The predicted molar refractivity (Wildman–Crippen MR) is 237 cm³/mol. The van der Waals surface area contributed by atoms with Crippen LogP contribution in [0.5, 0.6) is 0 Å². The summed E-state index contributed by atoms with van der Waals surface area (Å²) in [6.07, 6.45) is 6.73. The van der Waals surface area contributed by atoms with Crippen LogP contribution in [0.25, 0.3) is 94.8 Å². The zero-order chi connectivity index (χ0) is 37.8. The molecule has 0 spiro atoms. The minimum Gasteiger partial charge on any atom is -0.311 e. The second-order valence-electron chi connectivity index (χ2n) is 16.0. The fourth-order valence-corrected chi connectivity index (χ4v) is 10.1. The summed E-state index contributed by atoms with van der Waals surface area (Å²) in [7, 11) is 0. The van der Waals surface area contributed by atoms with Crippen molar-refractivity contribution >= 4 is 49.7 Å². The van der Waals surface area contributed by atoms with Gasteiger partial charge >= 0.3 is 0 Å². The summed E-state index contributed by atoms with van der Waals surface area (Å²) in [5.41, 5.74) is 18.0. The zero-order valence-corrected chi connectivity index (χ0v) is 31.9. The van der Waals surface area contributed by atoms with Crippen molar-refractivity contribution in [1.29, 1.82) is 0 Å². The third-order valence-corrected chi connectivity index (χ3v) is 12.5. The van der Waals surface area contributed by atoms with Crippen molar-refractivity contribution in [2.24, 2.45) is 0 Å². The maximum Gasteiger partial charge on any atom is 0.160 e. The van der Waals surface area contributed by atoms with E-state index in [9.17, 15) is 0 Å². The second-order valence-corrected chi connectivity index (χ2v) is 16.0. The molecule has 0 atom stereocenters. The third-order valence-electron chi connectivity index (χ3n) is 12.5. The van der Waals surface area contributed by atoms with E-state index < -0.39 is 0 Å². The lowest BCUT2D eigenvalue weighted by atomic mass is 9.80. The molecule has 270 valence electrons.